The maximum absolute atomic E-state index is 13.3. The molecule has 0 spiro atoms. The minimum Gasteiger partial charge on any atom is -0.334 e. The Morgan fingerprint density at radius 3 is 2.57 bits per heavy atom. The van der Waals surface area contributed by atoms with Gasteiger partial charge in [-0.1, -0.05) is 12.1 Å². The summed E-state index contributed by atoms with van der Waals surface area (Å²) in [6, 6.07) is 16.6. The molecule has 0 fully saturated rings. The molecule has 6 heteroatoms. The van der Waals surface area contributed by atoms with Gasteiger partial charge >= 0.3 is 0 Å². The molecule has 0 saturated heterocycles. The molecule has 28 heavy (non-hydrogen) atoms. The van der Waals surface area contributed by atoms with E-state index in [2.05, 4.69) is 0 Å². The smallest absolute Gasteiger partial charge is 0.268 e. The van der Waals surface area contributed by atoms with Gasteiger partial charge in [-0.3, -0.25) is 14.2 Å². The second-order valence-electron chi connectivity index (χ2n) is 6.68. The second-order valence-corrected chi connectivity index (χ2v) is 6.68. The summed E-state index contributed by atoms with van der Waals surface area (Å²) in [6.07, 6.45) is 1.63. The Bertz CT molecular complexity index is 1390. The highest BCUT2D eigenvalue weighted by atomic mass is 19.1. The number of halogens is 1. The topological polar surface area (TPSA) is 67.8 Å². The fourth-order valence-electron chi connectivity index (χ4n) is 3.79. The first kappa shape index (κ1) is 16.2. The van der Waals surface area contributed by atoms with Crippen LogP contribution in [0, 0.1) is 17.1 Å². The minimum absolute atomic E-state index is 0.0975. The number of hydrogen-bond donors (Lipinski definition) is 0. The number of hydrogen-bond acceptors (Lipinski definition) is 3. The van der Waals surface area contributed by atoms with Crippen molar-refractivity contribution in [1.82, 2.24) is 9.13 Å². The van der Waals surface area contributed by atoms with Gasteiger partial charge in [0, 0.05) is 18.1 Å². The van der Waals surface area contributed by atoms with Gasteiger partial charge in [0.05, 0.1) is 28.5 Å². The first-order valence-corrected chi connectivity index (χ1v) is 8.66. The van der Waals surface area contributed by atoms with Crippen LogP contribution in [0.1, 0.15) is 21.5 Å². The van der Waals surface area contributed by atoms with E-state index in [0.29, 0.717) is 34.4 Å². The standard InChI is InChI=1S/C22H12FN3O2/c23-15-6-3-13(4-7-15)12-26-17-8-5-14(11-24)10-16(17)21(27)19-20(26)18-2-1-9-25(18)22(19)28/h1-10H,12H2. The van der Waals surface area contributed by atoms with Crippen molar-refractivity contribution in [2.24, 2.45) is 0 Å². The average molecular weight is 369 g/mol. The van der Waals surface area contributed by atoms with Crippen molar-refractivity contribution in [2.75, 3.05) is 0 Å². The lowest BCUT2D eigenvalue weighted by Gasteiger charge is -2.16. The molecule has 2 aromatic heterocycles. The summed E-state index contributed by atoms with van der Waals surface area (Å²) < 4.78 is 16.7. The molecule has 0 unspecified atom stereocenters. The third-order valence-electron chi connectivity index (χ3n) is 5.07. The molecule has 0 saturated carbocycles. The van der Waals surface area contributed by atoms with Crippen molar-refractivity contribution < 1.29 is 9.18 Å². The molecular formula is C22H12FN3O2. The average Bonchev–Trinajstić information content (AvgIpc) is 3.29. The normalized spacial score (nSPS) is 12.1. The molecule has 0 atom stereocenters. The highest BCUT2D eigenvalue weighted by Gasteiger charge is 2.32. The largest absolute Gasteiger partial charge is 0.334 e. The number of carbonyl (C=O) groups is 1. The van der Waals surface area contributed by atoms with Gasteiger partial charge in [0.25, 0.3) is 5.91 Å². The number of nitrogens with zero attached hydrogens (tertiary/aromatic N) is 3. The molecule has 1 aliphatic heterocycles. The number of rotatable bonds is 2. The van der Waals surface area contributed by atoms with Crippen molar-refractivity contribution in [3.8, 4) is 17.5 Å². The van der Waals surface area contributed by atoms with E-state index in [1.165, 1.54) is 22.8 Å². The Balaban J connectivity index is 1.88. The lowest BCUT2D eigenvalue weighted by Crippen LogP contribution is -2.20. The number of carbonyl (C=O) groups excluding carboxylic acids is 1. The monoisotopic (exact) mass is 369 g/mol. The van der Waals surface area contributed by atoms with Crippen LogP contribution in [0.2, 0.25) is 0 Å². The zero-order chi connectivity index (χ0) is 19.4. The molecular weight excluding hydrogens is 357 g/mol. The van der Waals surface area contributed by atoms with Gasteiger partial charge in [0.15, 0.2) is 0 Å². The van der Waals surface area contributed by atoms with Crippen LogP contribution in [-0.4, -0.2) is 15.0 Å². The molecule has 0 amide bonds. The van der Waals surface area contributed by atoms with E-state index in [-0.39, 0.29) is 22.7 Å². The molecule has 0 N–H and O–H groups in total. The summed E-state index contributed by atoms with van der Waals surface area (Å²) >= 11 is 0. The quantitative estimate of drug-likeness (QED) is 0.478. The van der Waals surface area contributed by atoms with Gasteiger partial charge in [-0.15, -0.1) is 0 Å². The first-order valence-electron chi connectivity index (χ1n) is 8.66. The van der Waals surface area contributed by atoms with Crippen molar-refractivity contribution >= 4 is 16.8 Å². The molecule has 0 aliphatic carbocycles. The molecule has 0 bridgehead atoms. The third-order valence-corrected chi connectivity index (χ3v) is 5.07. The van der Waals surface area contributed by atoms with Gasteiger partial charge in [-0.25, -0.2) is 4.39 Å². The van der Waals surface area contributed by atoms with Gasteiger partial charge in [-0.2, -0.15) is 5.26 Å². The molecule has 5 rings (SSSR count). The maximum Gasteiger partial charge on any atom is 0.268 e. The van der Waals surface area contributed by atoms with Crippen LogP contribution in [-0.2, 0) is 6.54 Å². The van der Waals surface area contributed by atoms with Gasteiger partial charge in [-0.05, 0) is 48.0 Å². The zero-order valence-electron chi connectivity index (χ0n) is 14.5. The van der Waals surface area contributed by atoms with Gasteiger partial charge in [0.2, 0.25) is 5.43 Å². The fraction of sp³-hybridized carbons (Fsp3) is 0.0455. The van der Waals surface area contributed by atoms with Crippen molar-refractivity contribution in [2.45, 2.75) is 6.54 Å². The third kappa shape index (κ3) is 2.17. The molecule has 2 aromatic carbocycles. The van der Waals surface area contributed by atoms with Crippen LogP contribution >= 0.6 is 0 Å². The lowest BCUT2D eigenvalue weighted by atomic mass is 10.0. The van der Waals surface area contributed by atoms with E-state index in [9.17, 15) is 19.2 Å². The molecule has 134 valence electrons. The lowest BCUT2D eigenvalue weighted by molar-refractivity contribution is 0.0968. The number of aromatic nitrogens is 2. The van der Waals surface area contributed by atoms with Crippen molar-refractivity contribution in [1.29, 1.82) is 5.26 Å². The summed E-state index contributed by atoms with van der Waals surface area (Å²) in [5, 5.41) is 9.53. The van der Waals surface area contributed by atoms with Crippen LogP contribution in [0.3, 0.4) is 0 Å². The van der Waals surface area contributed by atoms with Crippen LogP contribution in [0.15, 0.2) is 65.6 Å². The zero-order valence-corrected chi connectivity index (χ0v) is 14.5. The van der Waals surface area contributed by atoms with Crippen LogP contribution < -0.4 is 5.43 Å². The van der Waals surface area contributed by atoms with Crippen molar-refractivity contribution in [3.63, 3.8) is 0 Å². The number of nitriles is 1. The summed E-state index contributed by atoms with van der Waals surface area (Å²) in [5.74, 6) is -0.710. The number of benzene rings is 2. The van der Waals surface area contributed by atoms with E-state index in [0.717, 1.165) is 5.56 Å². The second kappa shape index (κ2) is 5.76. The minimum atomic E-state index is -0.383. The molecule has 3 heterocycles. The predicted molar refractivity (Wildman–Crippen MR) is 102 cm³/mol. The van der Waals surface area contributed by atoms with Crippen LogP contribution in [0.5, 0.6) is 0 Å². The summed E-state index contributed by atoms with van der Waals surface area (Å²) in [6.45, 7) is 0.351. The van der Waals surface area contributed by atoms with E-state index < -0.39 is 0 Å². The van der Waals surface area contributed by atoms with Crippen molar-refractivity contribution in [3.05, 3.63) is 93.5 Å². The molecule has 4 aromatic rings. The number of fused-ring (bicyclic) bond motifs is 4. The Labute approximate surface area is 158 Å². The van der Waals surface area contributed by atoms with E-state index in [4.69, 9.17) is 0 Å². The summed E-state index contributed by atoms with van der Waals surface area (Å²) in [4.78, 5) is 26.0. The fourth-order valence-corrected chi connectivity index (χ4v) is 3.79. The van der Waals surface area contributed by atoms with E-state index in [1.807, 2.05) is 10.6 Å². The maximum atomic E-state index is 13.3. The Hall–Kier alpha value is -3.98. The highest BCUT2D eigenvalue weighted by Crippen LogP contribution is 2.33. The predicted octanol–water partition coefficient (Wildman–Crippen LogP) is 3.53. The van der Waals surface area contributed by atoms with Crippen LogP contribution in [0.4, 0.5) is 4.39 Å². The van der Waals surface area contributed by atoms with Gasteiger partial charge in [0.1, 0.15) is 11.4 Å². The molecule has 1 aliphatic rings. The Morgan fingerprint density at radius 1 is 1.04 bits per heavy atom. The van der Waals surface area contributed by atoms with E-state index in [1.54, 1.807) is 42.6 Å². The number of pyridine rings is 1. The molecule has 5 nitrogen and oxygen atoms in total. The van der Waals surface area contributed by atoms with E-state index >= 15 is 0 Å². The SMILES string of the molecule is N#Cc1ccc2c(c1)c(=O)c1c(n2Cc2ccc(F)cc2)-c2cccn2C1=O. The molecule has 0 radical (unpaired) electrons. The Morgan fingerprint density at radius 2 is 1.82 bits per heavy atom. The summed E-state index contributed by atoms with van der Waals surface area (Å²) in [5.41, 5.74) is 2.70. The summed E-state index contributed by atoms with van der Waals surface area (Å²) in [7, 11) is 0. The Kier molecular flexibility index (Phi) is 3.34. The van der Waals surface area contributed by atoms with Gasteiger partial charge < -0.3 is 4.57 Å². The first-order chi connectivity index (χ1) is 13.6. The highest BCUT2D eigenvalue weighted by molar-refractivity contribution is 6.10. The van der Waals surface area contributed by atoms with Crippen LogP contribution in [0.25, 0.3) is 22.3 Å².